The summed E-state index contributed by atoms with van der Waals surface area (Å²) in [6.45, 7) is 2.00. The second-order valence-electron chi connectivity index (χ2n) is 3.24. The first-order valence-corrected chi connectivity index (χ1v) is 4.43. The van der Waals surface area contributed by atoms with E-state index in [1.165, 1.54) is 0 Å². The Morgan fingerprint density at radius 1 is 1.29 bits per heavy atom. The van der Waals surface area contributed by atoms with Crippen LogP contribution in [0.3, 0.4) is 0 Å². The summed E-state index contributed by atoms with van der Waals surface area (Å²) in [5, 5.41) is 3.74. The Balaban J connectivity index is 2.80. The van der Waals surface area contributed by atoms with Gasteiger partial charge < -0.3 is 9.73 Å². The van der Waals surface area contributed by atoms with Crippen LogP contribution in [0.25, 0.3) is 11.0 Å². The van der Waals surface area contributed by atoms with Crippen molar-refractivity contribution in [3.8, 4) is 0 Å². The Hall–Kier alpha value is -1.77. The first-order valence-electron chi connectivity index (χ1n) is 4.43. The van der Waals surface area contributed by atoms with Gasteiger partial charge in [-0.05, 0) is 25.1 Å². The lowest BCUT2D eigenvalue weighted by molar-refractivity contribution is 0.563. The van der Waals surface area contributed by atoms with Crippen molar-refractivity contribution < 1.29 is 4.42 Å². The molecule has 0 aliphatic heterocycles. The molecule has 2 rings (SSSR count). The molecule has 0 spiro atoms. The van der Waals surface area contributed by atoms with E-state index < -0.39 is 0 Å². The molecule has 3 nitrogen and oxygen atoms in total. The van der Waals surface area contributed by atoms with Gasteiger partial charge in [-0.25, -0.2) is 4.79 Å². The van der Waals surface area contributed by atoms with Crippen LogP contribution < -0.4 is 10.9 Å². The molecule has 0 bridgehead atoms. The molecule has 0 saturated heterocycles. The van der Waals surface area contributed by atoms with Crippen LogP contribution in [0.5, 0.6) is 0 Å². The van der Waals surface area contributed by atoms with Gasteiger partial charge in [0.2, 0.25) is 0 Å². The molecule has 0 fully saturated rings. The summed E-state index contributed by atoms with van der Waals surface area (Å²) < 4.78 is 5.12. The van der Waals surface area contributed by atoms with Crippen LogP contribution in [0.15, 0.2) is 33.5 Å². The zero-order valence-corrected chi connectivity index (χ0v) is 8.13. The van der Waals surface area contributed by atoms with Gasteiger partial charge in [-0.15, -0.1) is 0 Å². The number of aryl methyl sites for hydroxylation is 1. The highest BCUT2D eigenvalue weighted by molar-refractivity contribution is 5.80. The van der Waals surface area contributed by atoms with Crippen LogP contribution in [0.4, 0.5) is 5.69 Å². The Kier molecular flexibility index (Phi) is 2.00. The topological polar surface area (TPSA) is 42.2 Å². The van der Waals surface area contributed by atoms with E-state index in [2.05, 4.69) is 5.32 Å². The predicted molar refractivity (Wildman–Crippen MR) is 56.8 cm³/mol. The van der Waals surface area contributed by atoms with Gasteiger partial charge in [0.15, 0.2) is 0 Å². The molecule has 0 aliphatic rings. The minimum absolute atomic E-state index is 0.330. The van der Waals surface area contributed by atoms with Crippen LogP contribution in [-0.4, -0.2) is 7.05 Å². The lowest BCUT2D eigenvalue weighted by Crippen LogP contribution is -2.05. The fourth-order valence-corrected chi connectivity index (χ4v) is 1.42. The Labute approximate surface area is 81.4 Å². The summed E-state index contributed by atoms with van der Waals surface area (Å²) in [6, 6.07) is 7.52. The smallest absolute Gasteiger partial charge is 0.359 e. The summed E-state index contributed by atoms with van der Waals surface area (Å²) in [7, 11) is 1.70. The van der Waals surface area contributed by atoms with E-state index in [9.17, 15) is 4.79 Å². The number of hydrogen-bond acceptors (Lipinski definition) is 3. The van der Waals surface area contributed by atoms with E-state index >= 15 is 0 Å². The highest BCUT2D eigenvalue weighted by Gasteiger charge is 2.02. The van der Waals surface area contributed by atoms with Gasteiger partial charge in [0.25, 0.3) is 0 Å². The van der Waals surface area contributed by atoms with Gasteiger partial charge in [-0.1, -0.05) is 11.6 Å². The van der Waals surface area contributed by atoms with Crippen molar-refractivity contribution in [2.24, 2.45) is 0 Å². The predicted octanol–water partition coefficient (Wildman–Crippen LogP) is 2.14. The zero-order valence-electron chi connectivity index (χ0n) is 8.13. The molecule has 14 heavy (non-hydrogen) atoms. The molecule has 3 heteroatoms. The molecule has 0 amide bonds. The van der Waals surface area contributed by atoms with Crippen molar-refractivity contribution in [1.29, 1.82) is 0 Å². The van der Waals surface area contributed by atoms with Gasteiger partial charge in [-0.2, -0.15) is 0 Å². The first-order chi connectivity index (χ1) is 6.70. The number of anilines is 1. The van der Waals surface area contributed by atoms with Crippen LogP contribution >= 0.6 is 0 Å². The van der Waals surface area contributed by atoms with Gasteiger partial charge in [0.1, 0.15) is 11.3 Å². The van der Waals surface area contributed by atoms with Crippen molar-refractivity contribution in [1.82, 2.24) is 0 Å². The Morgan fingerprint density at radius 3 is 2.79 bits per heavy atom. The largest absolute Gasteiger partial charge is 0.421 e. The minimum atomic E-state index is -0.330. The molecular weight excluding hydrogens is 178 g/mol. The Morgan fingerprint density at radius 2 is 2.07 bits per heavy atom. The maximum Gasteiger partial charge on any atom is 0.359 e. The first kappa shape index (κ1) is 8.81. The van der Waals surface area contributed by atoms with Crippen molar-refractivity contribution in [3.63, 3.8) is 0 Å². The third-order valence-electron chi connectivity index (χ3n) is 2.16. The number of fused-ring (bicyclic) bond motifs is 1. The monoisotopic (exact) mass is 189 g/mol. The summed E-state index contributed by atoms with van der Waals surface area (Å²) in [5.74, 6) is 0. The van der Waals surface area contributed by atoms with Gasteiger partial charge in [0.05, 0.1) is 0 Å². The highest BCUT2D eigenvalue weighted by atomic mass is 16.4. The molecule has 0 aliphatic carbocycles. The average molecular weight is 189 g/mol. The maximum atomic E-state index is 11.3. The second kappa shape index (κ2) is 3.18. The molecule has 1 aromatic heterocycles. The number of benzene rings is 1. The summed E-state index contributed by atoms with van der Waals surface area (Å²) >= 11 is 0. The van der Waals surface area contributed by atoms with Crippen LogP contribution in [0, 0.1) is 6.92 Å². The fourth-order valence-electron chi connectivity index (χ4n) is 1.42. The molecule has 0 unspecified atom stereocenters. The van der Waals surface area contributed by atoms with E-state index in [0.717, 1.165) is 10.9 Å². The number of rotatable bonds is 1. The molecule has 72 valence electrons. The Bertz CT molecular complexity index is 528. The normalized spacial score (nSPS) is 10.4. The molecule has 0 radical (unpaired) electrons. The van der Waals surface area contributed by atoms with Gasteiger partial charge >= 0.3 is 5.63 Å². The third-order valence-corrected chi connectivity index (χ3v) is 2.16. The van der Waals surface area contributed by atoms with Crippen LogP contribution in [0.2, 0.25) is 0 Å². The van der Waals surface area contributed by atoms with Crippen LogP contribution in [0.1, 0.15) is 5.56 Å². The second-order valence-corrected chi connectivity index (χ2v) is 3.24. The summed E-state index contributed by atoms with van der Waals surface area (Å²) in [4.78, 5) is 11.3. The lowest BCUT2D eigenvalue weighted by atomic mass is 10.1. The zero-order chi connectivity index (χ0) is 10.1. The SMILES string of the molecule is CNc1cc2cc(C)ccc2oc1=O. The van der Waals surface area contributed by atoms with Crippen molar-refractivity contribution in [2.45, 2.75) is 6.92 Å². The standard InChI is InChI=1S/C11H11NO2/c1-7-3-4-10-8(5-7)6-9(12-2)11(13)14-10/h3-6,12H,1-2H3. The van der Waals surface area contributed by atoms with Crippen molar-refractivity contribution in [2.75, 3.05) is 12.4 Å². The van der Waals surface area contributed by atoms with E-state index in [4.69, 9.17) is 4.42 Å². The molecule has 1 aromatic carbocycles. The molecule has 0 atom stereocenters. The van der Waals surface area contributed by atoms with E-state index in [-0.39, 0.29) is 5.63 Å². The summed E-state index contributed by atoms with van der Waals surface area (Å²) in [6.07, 6.45) is 0. The van der Waals surface area contributed by atoms with E-state index in [1.54, 1.807) is 13.1 Å². The molecule has 1 N–H and O–H groups in total. The van der Waals surface area contributed by atoms with Gasteiger partial charge in [-0.3, -0.25) is 0 Å². The molecule has 0 saturated carbocycles. The third kappa shape index (κ3) is 1.37. The fraction of sp³-hybridized carbons (Fsp3) is 0.182. The molecule has 1 heterocycles. The molecular formula is C11H11NO2. The lowest BCUT2D eigenvalue weighted by Gasteiger charge is -2.01. The minimum Gasteiger partial charge on any atom is -0.421 e. The van der Waals surface area contributed by atoms with E-state index in [0.29, 0.717) is 11.3 Å². The van der Waals surface area contributed by atoms with Crippen LogP contribution in [-0.2, 0) is 0 Å². The quantitative estimate of drug-likeness (QED) is 0.699. The van der Waals surface area contributed by atoms with E-state index in [1.807, 2.05) is 25.1 Å². The number of nitrogens with one attached hydrogen (secondary N) is 1. The van der Waals surface area contributed by atoms with Gasteiger partial charge in [0, 0.05) is 12.4 Å². The maximum absolute atomic E-state index is 11.3. The van der Waals surface area contributed by atoms with Crippen molar-refractivity contribution >= 4 is 16.7 Å². The van der Waals surface area contributed by atoms with Crippen molar-refractivity contribution in [3.05, 3.63) is 40.2 Å². The average Bonchev–Trinajstić information content (AvgIpc) is 2.17. The molecule has 2 aromatic rings. The number of hydrogen-bond donors (Lipinski definition) is 1. The summed E-state index contributed by atoms with van der Waals surface area (Å²) in [5.41, 5.74) is 1.93. The highest BCUT2D eigenvalue weighted by Crippen LogP contribution is 2.16.